The summed E-state index contributed by atoms with van der Waals surface area (Å²) in [5.41, 5.74) is 4.56. The summed E-state index contributed by atoms with van der Waals surface area (Å²) < 4.78 is 24.0. The van der Waals surface area contributed by atoms with Gasteiger partial charge in [0.25, 0.3) is 0 Å². The first-order valence-corrected chi connectivity index (χ1v) is 10.9. The minimum absolute atomic E-state index is 0.191. The molecule has 2 aromatic carbocycles. The quantitative estimate of drug-likeness (QED) is 0.878. The van der Waals surface area contributed by atoms with Gasteiger partial charge < -0.3 is 5.32 Å². The van der Waals surface area contributed by atoms with E-state index in [0.717, 1.165) is 17.9 Å². The number of aliphatic imine (C=N–C) groups is 1. The molecule has 1 saturated heterocycles. The maximum absolute atomic E-state index is 12.0. The van der Waals surface area contributed by atoms with E-state index in [9.17, 15) is 8.42 Å². The molecule has 1 N–H and O–H groups in total. The van der Waals surface area contributed by atoms with Crippen molar-refractivity contribution in [3.63, 3.8) is 0 Å². The molecule has 0 saturated carbocycles. The van der Waals surface area contributed by atoms with Gasteiger partial charge in [0.1, 0.15) is 15.7 Å². The number of hydrogen-bond donors (Lipinski definition) is 1. The molecule has 26 heavy (non-hydrogen) atoms. The molecule has 1 fully saturated rings. The molecule has 0 aromatic heterocycles. The van der Waals surface area contributed by atoms with Gasteiger partial charge in [-0.2, -0.15) is 0 Å². The Morgan fingerprint density at radius 1 is 1.08 bits per heavy atom. The molecule has 0 amide bonds. The molecule has 1 spiro atoms. The largest absolute Gasteiger partial charge is 0.343 e. The minimum Gasteiger partial charge on any atom is -0.343 e. The van der Waals surface area contributed by atoms with E-state index in [0.29, 0.717) is 19.4 Å². The molecule has 2 aliphatic heterocycles. The molecule has 2 heterocycles. The van der Waals surface area contributed by atoms with E-state index in [-0.39, 0.29) is 16.9 Å². The van der Waals surface area contributed by atoms with Crippen LogP contribution < -0.4 is 5.32 Å². The lowest BCUT2D eigenvalue weighted by atomic mass is 9.73. The van der Waals surface area contributed by atoms with Crippen molar-refractivity contribution in [2.24, 2.45) is 10.4 Å². The van der Waals surface area contributed by atoms with E-state index in [2.05, 4.69) is 48.6 Å². The number of aryl methyl sites for hydroxylation is 1. The topological polar surface area (TPSA) is 58.5 Å². The Morgan fingerprint density at radius 2 is 1.85 bits per heavy atom. The Hall–Kier alpha value is -2.14. The number of rotatable bonds is 2. The van der Waals surface area contributed by atoms with Crippen LogP contribution in [0.5, 0.6) is 0 Å². The van der Waals surface area contributed by atoms with Gasteiger partial charge in [-0.15, -0.1) is 0 Å². The number of fused-ring (bicyclic) bond motifs is 1. The Labute approximate surface area is 155 Å². The van der Waals surface area contributed by atoms with Crippen molar-refractivity contribution < 1.29 is 8.42 Å². The molecular weight excluding hydrogens is 344 g/mol. The molecule has 0 radical (unpaired) electrons. The smallest absolute Gasteiger partial charge is 0.150 e. The first-order chi connectivity index (χ1) is 12.5. The van der Waals surface area contributed by atoms with E-state index in [1.165, 1.54) is 16.7 Å². The SMILES string of the molecule is Cc1cccc(CN=C2Nc3ccccc3CC23CCS(=O)(=O)CC3)c1. The maximum atomic E-state index is 12.0. The van der Waals surface area contributed by atoms with Gasteiger partial charge in [-0.05, 0) is 43.4 Å². The van der Waals surface area contributed by atoms with E-state index >= 15 is 0 Å². The first-order valence-electron chi connectivity index (χ1n) is 9.12. The molecule has 0 unspecified atom stereocenters. The summed E-state index contributed by atoms with van der Waals surface area (Å²) in [5.74, 6) is 1.45. The van der Waals surface area contributed by atoms with Crippen LogP contribution in [0.1, 0.15) is 29.5 Å². The van der Waals surface area contributed by atoms with Crippen molar-refractivity contribution in [2.45, 2.75) is 32.7 Å². The second-order valence-corrected chi connectivity index (χ2v) is 9.85. The molecule has 4 rings (SSSR count). The molecule has 4 nitrogen and oxygen atoms in total. The highest BCUT2D eigenvalue weighted by Gasteiger charge is 2.44. The molecule has 0 atom stereocenters. The van der Waals surface area contributed by atoms with Crippen molar-refractivity contribution in [1.82, 2.24) is 0 Å². The number of nitrogens with zero attached hydrogens (tertiary/aromatic N) is 1. The molecule has 2 aliphatic rings. The lowest BCUT2D eigenvalue weighted by Gasteiger charge is -2.42. The zero-order valence-electron chi connectivity index (χ0n) is 15.0. The predicted octanol–water partition coefficient (Wildman–Crippen LogP) is 3.76. The van der Waals surface area contributed by atoms with Crippen LogP contribution >= 0.6 is 0 Å². The van der Waals surface area contributed by atoms with Gasteiger partial charge in [0.05, 0.1) is 18.1 Å². The first kappa shape index (κ1) is 17.3. The third-order valence-corrected chi connectivity index (χ3v) is 7.24. The standard InChI is InChI=1S/C21H24N2O2S/c1-16-5-4-6-17(13-16)15-22-20-21(9-11-26(24,25)12-10-21)14-18-7-2-3-8-19(18)23-20/h2-8,13H,9-12,14-15H2,1H3,(H,22,23). The molecular formula is C21H24N2O2S. The number of anilines is 1. The highest BCUT2D eigenvalue weighted by Crippen LogP contribution is 2.42. The Kier molecular flexibility index (Phi) is 4.35. The van der Waals surface area contributed by atoms with Crippen LogP contribution in [-0.4, -0.2) is 25.8 Å². The van der Waals surface area contributed by atoms with Gasteiger partial charge in [-0.1, -0.05) is 48.0 Å². The van der Waals surface area contributed by atoms with E-state index in [1.54, 1.807) is 0 Å². The monoisotopic (exact) mass is 368 g/mol. The summed E-state index contributed by atoms with van der Waals surface area (Å²) >= 11 is 0. The second kappa shape index (κ2) is 6.54. The Balaban J connectivity index is 1.68. The molecule has 2 aromatic rings. The highest BCUT2D eigenvalue weighted by atomic mass is 32.2. The van der Waals surface area contributed by atoms with Gasteiger partial charge in [0.2, 0.25) is 0 Å². The zero-order chi connectivity index (χ0) is 18.2. The van der Waals surface area contributed by atoms with Gasteiger partial charge >= 0.3 is 0 Å². The highest BCUT2D eigenvalue weighted by molar-refractivity contribution is 7.91. The number of nitrogens with one attached hydrogen (secondary N) is 1. The van der Waals surface area contributed by atoms with Crippen LogP contribution in [0.4, 0.5) is 5.69 Å². The third-order valence-electron chi connectivity index (χ3n) is 5.59. The van der Waals surface area contributed by atoms with Gasteiger partial charge in [-0.3, -0.25) is 4.99 Å². The van der Waals surface area contributed by atoms with Gasteiger partial charge in [-0.25, -0.2) is 8.42 Å². The minimum atomic E-state index is -2.91. The van der Waals surface area contributed by atoms with E-state index in [4.69, 9.17) is 4.99 Å². The van der Waals surface area contributed by atoms with Crippen LogP contribution in [0.15, 0.2) is 53.5 Å². The lowest BCUT2D eigenvalue weighted by Crippen LogP contribution is -2.47. The number of para-hydroxylation sites is 1. The summed E-state index contributed by atoms with van der Waals surface area (Å²) in [4.78, 5) is 4.93. The summed E-state index contributed by atoms with van der Waals surface area (Å²) in [7, 11) is -2.91. The number of hydrogen-bond acceptors (Lipinski definition) is 3. The normalized spacial score (nSPS) is 22.0. The lowest BCUT2D eigenvalue weighted by molar-refractivity contribution is 0.365. The van der Waals surface area contributed by atoms with Crippen LogP contribution in [0.25, 0.3) is 0 Å². The number of amidine groups is 1. The van der Waals surface area contributed by atoms with E-state index in [1.807, 2.05) is 12.1 Å². The van der Waals surface area contributed by atoms with Crippen LogP contribution in [0, 0.1) is 12.3 Å². The summed E-state index contributed by atoms with van der Waals surface area (Å²) in [6, 6.07) is 16.6. The fraction of sp³-hybridized carbons (Fsp3) is 0.381. The number of sulfone groups is 1. The van der Waals surface area contributed by atoms with Crippen LogP contribution in [0.3, 0.4) is 0 Å². The Morgan fingerprint density at radius 3 is 2.62 bits per heavy atom. The average Bonchev–Trinajstić information content (AvgIpc) is 2.63. The second-order valence-electron chi connectivity index (χ2n) is 7.54. The summed E-state index contributed by atoms with van der Waals surface area (Å²) in [6.07, 6.45) is 2.14. The number of benzene rings is 2. The maximum Gasteiger partial charge on any atom is 0.150 e. The molecule has 0 aliphatic carbocycles. The van der Waals surface area contributed by atoms with Gasteiger partial charge in [0.15, 0.2) is 0 Å². The van der Waals surface area contributed by atoms with E-state index < -0.39 is 9.84 Å². The van der Waals surface area contributed by atoms with Crippen molar-refractivity contribution in [1.29, 1.82) is 0 Å². The average molecular weight is 369 g/mol. The summed E-state index contributed by atoms with van der Waals surface area (Å²) in [5, 5.41) is 3.52. The zero-order valence-corrected chi connectivity index (χ0v) is 15.8. The molecule has 5 heteroatoms. The fourth-order valence-electron chi connectivity index (χ4n) is 4.04. The van der Waals surface area contributed by atoms with Crippen molar-refractivity contribution in [3.8, 4) is 0 Å². The predicted molar refractivity (Wildman–Crippen MR) is 106 cm³/mol. The van der Waals surface area contributed by atoms with Crippen molar-refractivity contribution in [3.05, 3.63) is 65.2 Å². The fourth-order valence-corrected chi connectivity index (χ4v) is 5.64. The van der Waals surface area contributed by atoms with Gasteiger partial charge in [0, 0.05) is 11.1 Å². The molecule has 0 bridgehead atoms. The molecule has 136 valence electrons. The van der Waals surface area contributed by atoms with Crippen LogP contribution in [-0.2, 0) is 22.8 Å². The van der Waals surface area contributed by atoms with Crippen molar-refractivity contribution >= 4 is 21.4 Å². The van der Waals surface area contributed by atoms with Crippen molar-refractivity contribution in [2.75, 3.05) is 16.8 Å². The Bertz CT molecular complexity index is 949. The third kappa shape index (κ3) is 3.40. The summed E-state index contributed by atoms with van der Waals surface area (Å²) in [6.45, 7) is 2.69. The van der Waals surface area contributed by atoms with Crippen LogP contribution in [0.2, 0.25) is 0 Å².